The van der Waals surface area contributed by atoms with Crippen molar-refractivity contribution < 1.29 is 0 Å². The number of nitrogens with zero attached hydrogens (tertiary/aromatic N) is 2. The van der Waals surface area contributed by atoms with Gasteiger partial charge in [-0.2, -0.15) is 0 Å². The standard InChI is InChI=1S/C14H26N2/c1-6-14(16(5)7-2)12-9-8-10-13(11-12)15(3)4/h10-11,14H,6-9H2,1-5H3. The molecule has 2 nitrogen and oxygen atoms in total. The molecule has 0 aliphatic heterocycles. The van der Waals surface area contributed by atoms with Crippen LogP contribution < -0.4 is 0 Å². The summed E-state index contributed by atoms with van der Waals surface area (Å²) < 4.78 is 0. The number of hydrogen-bond donors (Lipinski definition) is 0. The highest BCUT2D eigenvalue weighted by molar-refractivity contribution is 5.29. The van der Waals surface area contributed by atoms with Crippen LogP contribution in [0, 0.1) is 0 Å². The van der Waals surface area contributed by atoms with E-state index in [1.165, 1.54) is 25.0 Å². The van der Waals surface area contributed by atoms with E-state index in [1.807, 2.05) is 0 Å². The summed E-state index contributed by atoms with van der Waals surface area (Å²) in [6.07, 6.45) is 8.33. The Balaban J connectivity index is 2.82. The molecular weight excluding hydrogens is 196 g/mol. The van der Waals surface area contributed by atoms with Gasteiger partial charge in [-0.25, -0.2) is 0 Å². The van der Waals surface area contributed by atoms with Gasteiger partial charge in [-0.1, -0.05) is 25.5 Å². The molecule has 16 heavy (non-hydrogen) atoms. The van der Waals surface area contributed by atoms with Crippen LogP contribution in [-0.2, 0) is 0 Å². The molecule has 0 heterocycles. The van der Waals surface area contributed by atoms with Gasteiger partial charge >= 0.3 is 0 Å². The van der Waals surface area contributed by atoms with Crippen LogP contribution in [0.25, 0.3) is 0 Å². The number of rotatable bonds is 5. The van der Waals surface area contributed by atoms with Gasteiger partial charge in [-0.15, -0.1) is 0 Å². The second-order valence-electron chi connectivity index (χ2n) is 4.78. The quantitative estimate of drug-likeness (QED) is 0.706. The predicted octanol–water partition coefficient (Wildman–Crippen LogP) is 2.88. The van der Waals surface area contributed by atoms with Crippen molar-refractivity contribution in [2.24, 2.45) is 0 Å². The summed E-state index contributed by atoms with van der Waals surface area (Å²) in [6.45, 7) is 5.64. The van der Waals surface area contributed by atoms with Crippen LogP contribution in [0.4, 0.5) is 0 Å². The van der Waals surface area contributed by atoms with Crippen LogP contribution in [-0.4, -0.2) is 43.5 Å². The maximum absolute atomic E-state index is 2.45. The van der Waals surface area contributed by atoms with E-state index in [9.17, 15) is 0 Å². The van der Waals surface area contributed by atoms with Crippen molar-refractivity contribution in [3.05, 3.63) is 23.4 Å². The van der Waals surface area contributed by atoms with Gasteiger partial charge in [0.25, 0.3) is 0 Å². The van der Waals surface area contributed by atoms with Crippen molar-refractivity contribution in [1.82, 2.24) is 9.80 Å². The SMILES string of the molecule is CCC(C1=CC(N(C)C)=CCC1)N(C)CC. The molecule has 0 aromatic carbocycles. The molecule has 1 aliphatic rings. The Labute approximate surface area is 101 Å². The van der Waals surface area contributed by atoms with Crippen molar-refractivity contribution >= 4 is 0 Å². The minimum absolute atomic E-state index is 0.619. The van der Waals surface area contributed by atoms with Gasteiger partial charge in [0.2, 0.25) is 0 Å². The minimum Gasteiger partial charge on any atom is -0.378 e. The molecule has 0 bridgehead atoms. The van der Waals surface area contributed by atoms with Crippen LogP contribution in [0.1, 0.15) is 33.1 Å². The van der Waals surface area contributed by atoms with Gasteiger partial charge in [0.1, 0.15) is 0 Å². The van der Waals surface area contributed by atoms with Crippen LogP contribution in [0.15, 0.2) is 23.4 Å². The molecule has 0 spiro atoms. The zero-order valence-electron chi connectivity index (χ0n) is 11.5. The molecule has 1 atom stereocenters. The normalized spacial score (nSPS) is 18.1. The molecule has 0 N–H and O–H groups in total. The fourth-order valence-corrected chi connectivity index (χ4v) is 2.36. The third-order valence-corrected chi connectivity index (χ3v) is 3.48. The Morgan fingerprint density at radius 3 is 2.44 bits per heavy atom. The molecule has 0 saturated carbocycles. The van der Waals surface area contributed by atoms with Crippen molar-refractivity contribution in [2.75, 3.05) is 27.7 Å². The first-order valence-electron chi connectivity index (χ1n) is 6.38. The van der Waals surface area contributed by atoms with E-state index in [-0.39, 0.29) is 0 Å². The van der Waals surface area contributed by atoms with Gasteiger partial charge in [-0.05, 0) is 38.9 Å². The second-order valence-corrected chi connectivity index (χ2v) is 4.78. The van der Waals surface area contributed by atoms with Gasteiger partial charge < -0.3 is 4.90 Å². The van der Waals surface area contributed by atoms with Gasteiger partial charge in [0, 0.05) is 25.8 Å². The van der Waals surface area contributed by atoms with E-state index in [0.29, 0.717) is 6.04 Å². The molecule has 0 radical (unpaired) electrons. The Morgan fingerprint density at radius 2 is 1.94 bits per heavy atom. The first kappa shape index (κ1) is 13.3. The zero-order chi connectivity index (χ0) is 12.1. The Morgan fingerprint density at radius 1 is 1.25 bits per heavy atom. The average molecular weight is 222 g/mol. The smallest absolute Gasteiger partial charge is 0.0320 e. The Kier molecular flexibility index (Phi) is 5.07. The maximum atomic E-state index is 2.45. The number of allylic oxidation sites excluding steroid dienone is 2. The first-order valence-corrected chi connectivity index (χ1v) is 6.38. The third-order valence-electron chi connectivity index (χ3n) is 3.48. The predicted molar refractivity (Wildman–Crippen MR) is 71.5 cm³/mol. The highest BCUT2D eigenvalue weighted by Crippen LogP contribution is 2.25. The fourth-order valence-electron chi connectivity index (χ4n) is 2.36. The lowest BCUT2D eigenvalue weighted by atomic mass is 9.93. The van der Waals surface area contributed by atoms with Crippen LogP contribution in [0.2, 0.25) is 0 Å². The summed E-state index contributed by atoms with van der Waals surface area (Å²) in [5.41, 5.74) is 2.96. The number of hydrogen-bond acceptors (Lipinski definition) is 2. The molecule has 1 rings (SSSR count). The lowest BCUT2D eigenvalue weighted by molar-refractivity contribution is 0.273. The molecule has 0 aromatic rings. The molecule has 0 aromatic heterocycles. The minimum atomic E-state index is 0.619. The van der Waals surface area contributed by atoms with E-state index in [2.05, 4.69) is 56.9 Å². The second kappa shape index (κ2) is 6.09. The molecule has 0 amide bonds. The van der Waals surface area contributed by atoms with Gasteiger partial charge in [0.15, 0.2) is 0 Å². The summed E-state index contributed by atoms with van der Waals surface area (Å²) >= 11 is 0. The summed E-state index contributed by atoms with van der Waals surface area (Å²) in [5, 5.41) is 0. The number of likely N-dealkylation sites (N-methyl/N-ethyl adjacent to an activating group) is 2. The molecule has 0 fully saturated rings. The molecule has 1 aliphatic carbocycles. The highest BCUT2D eigenvalue weighted by Gasteiger charge is 2.18. The van der Waals surface area contributed by atoms with Crippen molar-refractivity contribution in [1.29, 1.82) is 0 Å². The molecule has 1 unspecified atom stereocenters. The summed E-state index contributed by atoms with van der Waals surface area (Å²) in [4.78, 5) is 4.66. The third kappa shape index (κ3) is 3.11. The molecule has 0 saturated heterocycles. The monoisotopic (exact) mass is 222 g/mol. The Bertz CT molecular complexity index is 276. The summed E-state index contributed by atoms with van der Waals surface area (Å²) in [5.74, 6) is 0. The van der Waals surface area contributed by atoms with Crippen LogP contribution >= 0.6 is 0 Å². The maximum Gasteiger partial charge on any atom is 0.0320 e. The molecule has 92 valence electrons. The van der Waals surface area contributed by atoms with E-state index >= 15 is 0 Å². The van der Waals surface area contributed by atoms with Crippen LogP contribution in [0.3, 0.4) is 0 Å². The Hall–Kier alpha value is -0.760. The first-order chi connectivity index (χ1) is 7.60. The lowest BCUT2D eigenvalue weighted by Crippen LogP contribution is -2.33. The van der Waals surface area contributed by atoms with Crippen molar-refractivity contribution in [2.45, 2.75) is 39.2 Å². The summed E-state index contributed by atoms with van der Waals surface area (Å²) in [7, 11) is 6.47. The van der Waals surface area contributed by atoms with Crippen LogP contribution in [0.5, 0.6) is 0 Å². The topological polar surface area (TPSA) is 6.48 Å². The van der Waals surface area contributed by atoms with E-state index in [4.69, 9.17) is 0 Å². The fraction of sp³-hybridized carbons (Fsp3) is 0.714. The average Bonchev–Trinajstić information content (AvgIpc) is 2.30. The highest BCUT2D eigenvalue weighted by atomic mass is 15.1. The zero-order valence-corrected chi connectivity index (χ0v) is 11.5. The lowest BCUT2D eigenvalue weighted by Gasteiger charge is -2.31. The molecular formula is C14H26N2. The van der Waals surface area contributed by atoms with Gasteiger partial charge in [0.05, 0.1) is 0 Å². The summed E-state index contributed by atoms with van der Waals surface area (Å²) in [6, 6.07) is 0.619. The largest absolute Gasteiger partial charge is 0.378 e. The van der Waals surface area contributed by atoms with Crippen molar-refractivity contribution in [3.8, 4) is 0 Å². The van der Waals surface area contributed by atoms with Crippen molar-refractivity contribution in [3.63, 3.8) is 0 Å². The van der Waals surface area contributed by atoms with E-state index < -0.39 is 0 Å². The van der Waals surface area contributed by atoms with E-state index in [0.717, 1.165) is 6.54 Å². The van der Waals surface area contributed by atoms with Gasteiger partial charge in [-0.3, -0.25) is 4.90 Å². The van der Waals surface area contributed by atoms with E-state index in [1.54, 1.807) is 5.57 Å². The molecule has 2 heteroatoms.